The van der Waals surface area contributed by atoms with Crippen molar-refractivity contribution < 1.29 is 9.53 Å². The van der Waals surface area contributed by atoms with Gasteiger partial charge in [-0.1, -0.05) is 0 Å². The van der Waals surface area contributed by atoms with Crippen molar-refractivity contribution in [3.05, 3.63) is 0 Å². The Labute approximate surface area is 108 Å². The zero-order valence-electron chi connectivity index (χ0n) is 10.7. The van der Waals surface area contributed by atoms with E-state index in [9.17, 15) is 4.79 Å². The maximum Gasteiger partial charge on any atom is 0.326 e. The normalized spacial score (nSPS) is 34.3. The number of hydrogen-bond donors (Lipinski definition) is 1. The lowest BCUT2D eigenvalue weighted by Crippen LogP contribution is -2.56. The van der Waals surface area contributed by atoms with Gasteiger partial charge in [0.2, 0.25) is 0 Å². The average molecular weight is 257 g/mol. The lowest BCUT2D eigenvalue weighted by Gasteiger charge is -2.39. The molecule has 2 heterocycles. The fourth-order valence-electron chi connectivity index (χ4n) is 3.06. The van der Waals surface area contributed by atoms with Crippen LogP contribution in [0.25, 0.3) is 0 Å². The fraction of sp³-hybridized carbons (Fsp3) is 0.923. The summed E-state index contributed by atoms with van der Waals surface area (Å²) in [5.74, 6) is 3.13. The summed E-state index contributed by atoms with van der Waals surface area (Å²) in [7, 11) is 1.51. The van der Waals surface area contributed by atoms with Gasteiger partial charge < -0.3 is 10.1 Å². The summed E-state index contributed by atoms with van der Waals surface area (Å²) in [6, 6.07) is 0. The molecular weight excluding hydrogens is 234 g/mol. The average Bonchev–Trinajstić information content (AvgIpc) is 2.40. The van der Waals surface area contributed by atoms with E-state index in [1.807, 2.05) is 11.8 Å². The minimum Gasteiger partial charge on any atom is -0.468 e. The van der Waals surface area contributed by atoms with Crippen LogP contribution in [0.4, 0.5) is 0 Å². The van der Waals surface area contributed by atoms with E-state index in [4.69, 9.17) is 4.74 Å². The summed E-state index contributed by atoms with van der Waals surface area (Å²) in [5.41, 5.74) is -0.379. The molecule has 0 bridgehead atoms. The number of piperidine rings is 1. The van der Waals surface area contributed by atoms with Gasteiger partial charge in [-0.15, -0.1) is 0 Å². The first-order valence-electron chi connectivity index (χ1n) is 6.68. The van der Waals surface area contributed by atoms with E-state index in [2.05, 4.69) is 5.32 Å². The molecule has 98 valence electrons. The summed E-state index contributed by atoms with van der Waals surface area (Å²) in [6.07, 6.45) is 6.80. The Morgan fingerprint density at radius 3 is 2.94 bits per heavy atom. The minimum absolute atomic E-state index is 0.0484. The summed E-state index contributed by atoms with van der Waals surface area (Å²) < 4.78 is 5.03. The number of carbonyl (C=O) groups is 1. The third kappa shape index (κ3) is 3.16. The summed E-state index contributed by atoms with van der Waals surface area (Å²) >= 11 is 2.03. The minimum atomic E-state index is -0.379. The molecule has 0 aromatic rings. The molecule has 17 heavy (non-hydrogen) atoms. The van der Waals surface area contributed by atoms with Crippen LogP contribution in [0.1, 0.15) is 38.5 Å². The molecular formula is C13H23NO2S. The molecule has 0 aromatic carbocycles. The van der Waals surface area contributed by atoms with Crippen molar-refractivity contribution in [2.24, 2.45) is 5.92 Å². The van der Waals surface area contributed by atoms with Crippen LogP contribution in [0.2, 0.25) is 0 Å². The molecule has 0 amide bonds. The molecule has 4 heteroatoms. The van der Waals surface area contributed by atoms with Crippen LogP contribution >= 0.6 is 11.8 Å². The zero-order valence-corrected chi connectivity index (χ0v) is 11.5. The molecule has 2 atom stereocenters. The topological polar surface area (TPSA) is 38.3 Å². The molecule has 2 rings (SSSR count). The van der Waals surface area contributed by atoms with Crippen molar-refractivity contribution in [1.29, 1.82) is 0 Å². The van der Waals surface area contributed by atoms with Gasteiger partial charge in [0.05, 0.1) is 7.11 Å². The first-order valence-corrected chi connectivity index (χ1v) is 7.83. The second-order valence-corrected chi connectivity index (χ2v) is 6.39. The van der Waals surface area contributed by atoms with Gasteiger partial charge in [-0.3, -0.25) is 4.79 Å². The van der Waals surface area contributed by atoms with E-state index in [-0.39, 0.29) is 11.5 Å². The molecule has 2 aliphatic rings. The second-order valence-electron chi connectivity index (χ2n) is 5.24. The molecule has 2 unspecified atom stereocenters. The maximum atomic E-state index is 12.1. The van der Waals surface area contributed by atoms with Gasteiger partial charge in [0.1, 0.15) is 5.54 Å². The Bertz CT molecular complexity index is 258. The van der Waals surface area contributed by atoms with E-state index in [1.165, 1.54) is 37.9 Å². The van der Waals surface area contributed by atoms with Crippen molar-refractivity contribution in [2.75, 3.05) is 25.2 Å². The number of nitrogens with one attached hydrogen (secondary N) is 1. The van der Waals surface area contributed by atoms with Crippen molar-refractivity contribution in [3.8, 4) is 0 Å². The van der Waals surface area contributed by atoms with E-state index in [1.54, 1.807) is 0 Å². The summed E-state index contributed by atoms with van der Waals surface area (Å²) in [5, 5.41) is 3.45. The second kappa shape index (κ2) is 6.10. The van der Waals surface area contributed by atoms with Crippen LogP contribution in [-0.2, 0) is 9.53 Å². The SMILES string of the molecule is COC(=O)C1(CC2CCCSC2)CCCCN1. The zero-order chi connectivity index (χ0) is 12.1. The van der Waals surface area contributed by atoms with E-state index in [0.29, 0.717) is 5.92 Å². The lowest BCUT2D eigenvalue weighted by molar-refractivity contribution is -0.150. The van der Waals surface area contributed by atoms with E-state index < -0.39 is 0 Å². The number of carbonyl (C=O) groups excluding carboxylic acids is 1. The number of thioether (sulfide) groups is 1. The molecule has 2 saturated heterocycles. The summed E-state index contributed by atoms with van der Waals surface area (Å²) in [4.78, 5) is 12.1. The molecule has 2 aliphatic heterocycles. The van der Waals surface area contributed by atoms with Gasteiger partial charge in [0, 0.05) is 0 Å². The highest BCUT2D eigenvalue weighted by atomic mass is 32.2. The quantitative estimate of drug-likeness (QED) is 0.787. The van der Waals surface area contributed by atoms with Gasteiger partial charge in [0.15, 0.2) is 0 Å². The summed E-state index contributed by atoms with van der Waals surface area (Å²) in [6.45, 7) is 0.953. The van der Waals surface area contributed by atoms with Crippen molar-refractivity contribution >= 4 is 17.7 Å². The highest BCUT2D eigenvalue weighted by Gasteiger charge is 2.42. The Balaban J connectivity index is 2.01. The molecule has 0 aromatic heterocycles. The third-order valence-electron chi connectivity index (χ3n) is 3.96. The highest BCUT2D eigenvalue weighted by Crippen LogP contribution is 2.34. The number of esters is 1. The number of rotatable bonds is 3. The Morgan fingerprint density at radius 2 is 2.35 bits per heavy atom. The van der Waals surface area contributed by atoms with Crippen LogP contribution in [-0.4, -0.2) is 36.7 Å². The lowest BCUT2D eigenvalue weighted by atomic mass is 9.80. The first-order chi connectivity index (χ1) is 8.27. The predicted octanol–water partition coefficient (Wildman–Crippen LogP) is 2.21. The van der Waals surface area contributed by atoms with Gasteiger partial charge in [0.25, 0.3) is 0 Å². The number of ether oxygens (including phenoxy) is 1. The fourth-order valence-corrected chi connectivity index (χ4v) is 4.21. The van der Waals surface area contributed by atoms with Gasteiger partial charge in [-0.2, -0.15) is 11.8 Å². The Morgan fingerprint density at radius 1 is 1.47 bits per heavy atom. The number of hydrogen-bond acceptors (Lipinski definition) is 4. The smallest absolute Gasteiger partial charge is 0.326 e. The first kappa shape index (κ1) is 13.2. The van der Waals surface area contributed by atoms with Crippen LogP contribution in [0.3, 0.4) is 0 Å². The number of methoxy groups -OCH3 is 1. The van der Waals surface area contributed by atoms with E-state index in [0.717, 1.165) is 25.8 Å². The molecule has 2 fully saturated rings. The van der Waals surface area contributed by atoms with E-state index >= 15 is 0 Å². The molecule has 1 N–H and O–H groups in total. The third-order valence-corrected chi connectivity index (χ3v) is 5.25. The molecule has 0 spiro atoms. The van der Waals surface area contributed by atoms with Crippen LogP contribution < -0.4 is 5.32 Å². The largest absolute Gasteiger partial charge is 0.468 e. The van der Waals surface area contributed by atoms with Crippen molar-refractivity contribution in [3.63, 3.8) is 0 Å². The Kier molecular flexibility index (Phi) is 4.74. The van der Waals surface area contributed by atoms with Gasteiger partial charge in [-0.25, -0.2) is 0 Å². The molecule has 0 aliphatic carbocycles. The molecule has 0 radical (unpaired) electrons. The Hall–Kier alpha value is -0.220. The highest BCUT2D eigenvalue weighted by molar-refractivity contribution is 7.99. The van der Waals surface area contributed by atoms with Crippen molar-refractivity contribution in [2.45, 2.75) is 44.1 Å². The monoisotopic (exact) mass is 257 g/mol. The molecule has 3 nitrogen and oxygen atoms in total. The maximum absolute atomic E-state index is 12.1. The van der Waals surface area contributed by atoms with Gasteiger partial charge in [-0.05, 0) is 62.5 Å². The van der Waals surface area contributed by atoms with Gasteiger partial charge >= 0.3 is 5.97 Å². The molecule has 0 saturated carbocycles. The standard InChI is InChI=1S/C13H23NO2S/c1-16-12(15)13(6-2-3-7-14-13)9-11-5-4-8-17-10-11/h11,14H,2-10H2,1H3. The van der Waals surface area contributed by atoms with Crippen LogP contribution in [0.5, 0.6) is 0 Å². The van der Waals surface area contributed by atoms with Crippen LogP contribution in [0.15, 0.2) is 0 Å². The van der Waals surface area contributed by atoms with Crippen LogP contribution in [0, 0.1) is 5.92 Å². The van der Waals surface area contributed by atoms with Crippen molar-refractivity contribution in [1.82, 2.24) is 5.32 Å². The predicted molar refractivity (Wildman–Crippen MR) is 71.3 cm³/mol.